The third-order valence-corrected chi connectivity index (χ3v) is 4.15. The Balaban J connectivity index is 2.10. The lowest BCUT2D eigenvalue weighted by molar-refractivity contribution is 0.332. The second-order valence-electron chi connectivity index (χ2n) is 5.08. The SMILES string of the molecule is Nc1c2c(nc3ccccc13)C1CCC2CN1. The van der Waals surface area contributed by atoms with Gasteiger partial charge in [0, 0.05) is 35.1 Å². The summed E-state index contributed by atoms with van der Waals surface area (Å²) in [4.78, 5) is 4.82. The summed E-state index contributed by atoms with van der Waals surface area (Å²) in [5.41, 5.74) is 10.9. The van der Waals surface area contributed by atoms with E-state index in [1.807, 2.05) is 18.2 Å². The van der Waals surface area contributed by atoms with Crippen LogP contribution in [0.15, 0.2) is 24.3 Å². The van der Waals surface area contributed by atoms with E-state index >= 15 is 0 Å². The number of benzene rings is 1. The van der Waals surface area contributed by atoms with E-state index in [4.69, 9.17) is 10.7 Å². The van der Waals surface area contributed by atoms with Crippen molar-refractivity contribution in [3.63, 3.8) is 0 Å². The van der Waals surface area contributed by atoms with Crippen molar-refractivity contribution in [2.45, 2.75) is 24.8 Å². The van der Waals surface area contributed by atoms with Gasteiger partial charge in [-0.15, -0.1) is 0 Å². The first-order valence-corrected chi connectivity index (χ1v) is 6.26. The number of hydrogen-bond donors (Lipinski definition) is 2. The number of nitrogens with zero attached hydrogens (tertiary/aromatic N) is 1. The fourth-order valence-corrected chi connectivity index (χ4v) is 3.30. The fourth-order valence-electron chi connectivity index (χ4n) is 3.30. The zero-order chi connectivity index (χ0) is 11.4. The first kappa shape index (κ1) is 9.42. The Kier molecular flexibility index (Phi) is 1.77. The Morgan fingerprint density at radius 2 is 2.12 bits per heavy atom. The van der Waals surface area contributed by atoms with Gasteiger partial charge in [0.15, 0.2) is 0 Å². The average Bonchev–Trinajstić information content (AvgIpc) is 2.40. The van der Waals surface area contributed by atoms with Gasteiger partial charge in [0.05, 0.1) is 11.2 Å². The van der Waals surface area contributed by atoms with E-state index in [1.54, 1.807) is 0 Å². The molecule has 3 N–H and O–H groups in total. The van der Waals surface area contributed by atoms with Gasteiger partial charge in [-0.25, -0.2) is 0 Å². The maximum absolute atomic E-state index is 6.36. The summed E-state index contributed by atoms with van der Waals surface area (Å²) in [6.07, 6.45) is 2.44. The van der Waals surface area contributed by atoms with Crippen LogP contribution in [0.3, 0.4) is 0 Å². The van der Waals surface area contributed by atoms with Crippen LogP contribution in [0.1, 0.15) is 36.1 Å². The van der Waals surface area contributed by atoms with Crippen LogP contribution in [0, 0.1) is 0 Å². The predicted molar refractivity (Wildman–Crippen MR) is 68.9 cm³/mol. The molecule has 86 valence electrons. The highest BCUT2D eigenvalue weighted by molar-refractivity contribution is 5.92. The Hall–Kier alpha value is -1.61. The van der Waals surface area contributed by atoms with Crippen LogP contribution in [-0.4, -0.2) is 11.5 Å². The summed E-state index contributed by atoms with van der Waals surface area (Å²) in [5.74, 6) is 0.562. The van der Waals surface area contributed by atoms with Crippen molar-refractivity contribution in [3.8, 4) is 0 Å². The van der Waals surface area contributed by atoms with Gasteiger partial charge in [-0.3, -0.25) is 4.98 Å². The predicted octanol–water partition coefficient (Wildman–Crippen LogP) is 2.34. The van der Waals surface area contributed by atoms with Crippen LogP contribution in [0.25, 0.3) is 10.9 Å². The number of pyridine rings is 1. The average molecular weight is 225 g/mol. The summed E-state index contributed by atoms with van der Waals surface area (Å²) in [6, 6.07) is 8.60. The van der Waals surface area contributed by atoms with Crippen LogP contribution in [0.4, 0.5) is 5.69 Å². The Labute approximate surface area is 100 Å². The molecule has 2 aromatic rings. The van der Waals surface area contributed by atoms with Gasteiger partial charge in [-0.1, -0.05) is 18.2 Å². The molecule has 1 fully saturated rings. The number of aromatic nitrogens is 1. The van der Waals surface area contributed by atoms with Crippen molar-refractivity contribution in [1.82, 2.24) is 10.3 Å². The second kappa shape index (κ2) is 3.20. The molecule has 0 spiro atoms. The fraction of sp³-hybridized carbons (Fsp3) is 0.357. The molecule has 17 heavy (non-hydrogen) atoms. The second-order valence-corrected chi connectivity index (χ2v) is 5.08. The molecule has 2 atom stereocenters. The van der Waals surface area contributed by atoms with Crippen LogP contribution in [-0.2, 0) is 0 Å². The van der Waals surface area contributed by atoms with Crippen molar-refractivity contribution < 1.29 is 0 Å². The van der Waals surface area contributed by atoms with E-state index in [-0.39, 0.29) is 0 Å². The highest BCUT2D eigenvalue weighted by atomic mass is 15.0. The quantitative estimate of drug-likeness (QED) is 0.723. The van der Waals surface area contributed by atoms with Crippen LogP contribution < -0.4 is 11.1 Å². The Bertz CT molecular complexity index is 598. The standard InChI is InChI=1S/C14H15N3/c15-13-9-3-1-2-4-10(9)17-14-11-6-5-8(7-16-11)12(13)14/h1-4,8,11,16H,5-7H2,(H2,15,17). The molecule has 0 amide bonds. The third-order valence-electron chi connectivity index (χ3n) is 4.15. The van der Waals surface area contributed by atoms with Crippen LogP contribution in [0.2, 0.25) is 0 Å². The number of rotatable bonds is 0. The molecule has 0 radical (unpaired) electrons. The van der Waals surface area contributed by atoms with E-state index in [2.05, 4.69) is 11.4 Å². The smallest absolute Gasteiger partial charge is 0.0726 e. The molecule has 2 unspecified atom stereocenters. The number of nitrogen functional groups attached to an aromatic ring is 1. The minimum atomic E-state index is 0.418. The molecule has 1 aliphatic carbocycles. The minimum Gasteiger partial charge on any atom is -0.398 e. The molecule has 0 saturated carbocycles. The van der Waals surface area contributed by atoms with E-state index in [0.717, 1.165) is 23.1 Å². The third kappa shape index (κ3) is 1.17. The molecule has 3 heteroatoms. The van der Waals surface area contributed by atoms with Crippen LogP contribution in [0.5, 0.6) is 0 Å². The highest BCUT2D eigenvalue weighted by Crippen LogP contribution is 2.45. The van der Waals surface area contributed by atoms with E-state index < -0.39 is 0 Å². The molecule has 5 rings (SSSR count). The Morgan fingerprint density at radius 3 is 2.94 bits per heavy atom. The van der Waals surface area contributed by atoms with Gasteiger partial charge >= 0.3 is 0 Å². The topological polar surface area (TPSA) is 50.9 Å². The molecule has 2 aliphatic heterocycles. The maximum Gasteiger partial charge on any atom is 0.0726 e. The summed E-state index contributed by atoms with van der Waals surface area (Å²) >= 11 is 0. The lowest BCUT2D eigenvalue weighted by Crippen LogP contribution is -2.39. The molecular formula is C14H15N3. The molecule has 2 bridgehead atoms. The lowest BCUT2D eigenvalue weighted by atomic mass is 9.77. The number of para-hydroxylation sites is 1. The summed E-state index contributed by atoms with van der Waals surface area (Å²) in [5, 5.41) is 4.66. The molecule has 3 aliphatic rings. The molecule has 3 heterocycles. The first-order chi connectivity index (χ1) is 8.34. The van der Waals surface area contributed by atoms with E-state index in [9.17, 15) is 0 Å². The number of fused-ring (bicyclic) bond motifs is 3. The molecule has 3 nitrogen and oxygen atoms in total. The zero-order valence-electron chi connectivity index (χ0n) is 9.61. The van der Waals surface area contributed by atoms with Gasteiger partial charge in [0.25, 0.3) is 0 Å². The van der Waals surface area contributed by atoms with Crippen molar-refractivity contribution >= 4 is 16.6 Å². The maximum atomic E-state index is 6.36. The highest BCUT2D eigenvalue weighted by Gasteiger charge is 2.35. The van der Waals surface area contributed by atoms with Gasteiger partial charge in [0.1, 0.15) is 0 Å². The van der Waals surface area contributed by atoms with Gasteiger partial charge in [-0.2, -0.15) is 0 Å². The van der Waals surface area contributed by atoms with E-state index in [1.165, 1.54) is 24.1 Å². The van der Waals surface area contributed by atoms with Gasteiger partial charge in [0.2, 0.25) is 0 Å². The first-order valence-electron chi connectivity index (χ1n) is 6.26. The number of nitrogens with one attached hydrogen (secondary N) is 1. The summed E-state index contributed by atoms with van der Waals surface area (Å²) in [6.45, 7) is 1.06. The molecule has 1 aromatic carbocycles. The van der Waals surface area contributed by atoms with Crippen molar-refractivity contribution in [3.05, 3.63) is 35.5 Å². The number of anilines is 1. The van der Waals surface area contributed by atoms with Gasteiger partial charge in [-0.05, 0) is 18.9 Å². The molecular weight excluding hydrogens is 210 g/mol. The normalized spacial score (nSPS) is 26.1. The zero-order valence-corrected chi connectivity index (χ0v) is 9.61. The summed E-state index contributed by atoms with van der Waals surface area (Å²) in [7, 11) is 0. The monoisotopic (exact) mass is 225 g/mol. The summed E-state index contributed by atoms with van der Waals surface area (Å²) < 4.78 is 0. The Morgan fingerprint density at radius 1 is 1.24 bits per heavy atom. The lowest BCUT2D eigenvalue weighted by Gasteiger charge is -2.39. The number of piperidine rings is 1. The number of hydrogen-bond acceptors (Lipinski definition) is 3. The molecule has 1 saturated heterocycles. The minimum absolute atomic E-state index is 0.418. The van der Waals surface area contributed by atoms with E-state index in [0.29, 0.717) is 12.0 Å². The van der Waals surface area contributed by atoms with Gasteiger partial charge < -0.3 is 11.1 Å². The van der Waals surface area contributed by atoms with Crippen molar-refractivity contribution in [2.24, 2.45) is 0 Å². The van der Waals surface area contributed by atoms with Crippen LogP contribution >= 0.6 is 0 Å². The largest absolute Gasteiger partial charge is 0.398 e. The van der Waals surface area contributed by atoms with Crippen molar-refractivity contribution in [1.29, 1.82) is 0 Å². The molecule has 1 aromatic heterocycles. The van der Waals surface area contributed by atoms with Crippen molar-refractivity contribution in [2.75, 3.05) is 12.3 Å². The number of nitrogens with two attached hydrogens (primary N) is 1.